The predicted molar refractivity (Wildman–Crippen MR) is 120 cm³/mol. The first-order valence-electron chi connectivity index (χ1n) is 10.9. The SMILES string of the molecule is COc1cc(C(=O)N2CCC[C@@H](N)C2)cc2nc(-c3cc4ccoc4n3CC(F)(F)F)n(C)c12. The molecule has 0 bridgehead atoms. The van der Waals surface area contributed by atoms with E-state index in [1.54, 1.807) is 40.8 Å². The van der Waals surface area contributed by atoms with E-state index < -0.39 is 12.7 Å². The molecule has 1 saturated heterocycles. The van der Waals surface area contributed by atoms with E-state index in [-0.39, 0.29) is 23.4 Å². The van der Waals surface area contributed by atoms with Gasteiger partial charge in [0.15, 0.2) is 5.82 Å². The number of hydrogen-bond acceptors (Lipinski definition) is 5. The summed E-state index contributed by atoms with van der Waals surface area (Å²) >= 11 is 0. The molecule has 8 nitrogen and oxygen atoms in total. The minimum atomic E-state index is -4.45. The fourth-order valence-corrected chi connectivity index (χ4v) is 4.69. The molecule has 11 heteroatoms. The number of likely N-dealkylation sites (tertiary alicyclic amines) is 1. The number of imidazole rings is 1. The number of hydrogen-bond donors (Lipinski definition) is 1. The van der Waals surface area contributed by atoms with Crippen molar-refractivity contribution < 1.29 is 27.1 Å². The molecular formula is C23H24F3N5O3. The fraction of sp³-hybridized carbons (Fsp3) is 0.391. The maximum absolute atomic E-state index is 13.4. The Hall–Kier alpha value is -3.47. The Balaban J connectivity index is 1.63. The predicted octanol–water partition coefficient (Wildman–Crippen LogP) is 3.92. The molecule has 180 valence electrons. The van der Waals surface area contributed by atoms with Crippen molar-refractivity contribution in [2.75, 3.05) is 20.2 Å². The van der Waals surface area contributed by atoms with Gasteiger partial charge in [-0.05, 0) is 37.1 Å². The van der Waals surface area contributed by atoms with Gasteiger partial charge in [-0.1, -0.05) is 0 Å². The highest BCUT2D eigenvalue weighted by molar-refractivity contribution is 6.00. The van der Waals surface area contributed by atoms with Gasteiger partial charge in [-0.3, -0.25) is 9.36 Å². The lowest BCUT2D eigenvalue weighted by atomic mass is 10.0. The third kappa shape index (κ3) is 3.79. The van der Waals surface area contributed by atoms with E-state index in [2.05, 4.69) is 4.98 Å². The van der Waals surface area contributed by atoms with Gasteiger partial charge >= 0.3 is 6.18 Å². The number of carbonyl (C=O) groups excluding carboxylic acids is 1. The maximum atomic E-state index is 13.4. The topological polar surface area (TPSA) is 91.5 Å². The summed E-state index contributed by atoms with van der Waals surface area (Å²) in [4.78, 5) is 19.5. The quantitative estimate of drug-likeness (QED) is 0.483. The van der Waals surface area contributed by atoms with Crippen LogP contribution in [0.3, 0.4) is 0 Å². The summed E-state index contributed by atoms with van der Waals surface area (Å²) in [6.45, 7) is -0.139. The molecule has 0 saturated carbocycles. The normalized spacial score (nSPS) is 17.1. The third-order valence-corrected chi connectivity index (χ3v) is 6.22. The lowest BCUT2D eigenvalue weighted by Gasteiger charge is -2.30. The third-order valence-electron chi connectivity index (χ3n) is 6.22. The van der Waals surface area contributed by atoms with E-state index in [0.717, 1.165) is 17.4 Å². The highest BCUT2D eigenvalue weighted by Gasteiger charge is 2.32. The minimum Gasteiger partial charge on any atom is -0.494 e. The van der Waals surface area contributed by atoms with Crippen LogP contribution in [0.2, 0.25) is 0 Å². The van der Waals surface area contributed by atoms with Crippen molar-refractivity contribution in [1.82, 2.24) is 19.0 Å². The zero-order chi connectivity index (χ0) is 24.2. The van der Waals surface area contributed by atoms with Crippen LogP contribution in [0.4, 0.5) is 13.2 Å². The number of nitrogens with two attached hydrogens (primary N) is 1. The van der Waals surface area contributed by atoms with Gasteiger partial charge in [0.25, 0.3) is 5.91 Å². The standard InChI is InChI=1S/C23H24F3N5O3/c1-29-19-16(8-14(10-18(19)33-2)21(32)30-6-3-4-15(27)11-30)28-20(29)17-9-13-5-7-34-22(13)31(17)12-23(24,25)26/h5,7-10,15H,3-4,6,11-12,27H2,1-2H3/t15-/m1/s1. The maximum Gasteiger partial charge on any atom is 0.406 e. The van der Waals surface area contributed by atoms with E-state index in [4.69, 9.17) is 14.9 Å². The van der Waals surface area contributed by atoms with Crippen LogP contribution in [0.25, 0.3) is 33.7 Å². The lowest BCUT2D eigenvalue weighted by molar-refractivity contribution is -0.140. The van der Waals surface area contributed by atoms with Gasteiger partial charge in [0.1, 0.15) is 17.8 Å². The number of rotatable bonds is 4. The number of halogens is 3. The van der Waals surface area contributed by atoms with Crippen LogP contribution in [0, 0.1) is 0 Å². The molecule has 1 aliphatic rings. The van der Waals surface area contributed by atoms with Crippen molar-refractivity contribution in [1.29, 1.82) is 0 Å². The van der Waals surface area contributed by atoms with E-state index in [9.17, 15) is 18.0 Å². The molecule has 34 heavy (non-hydrogen) atoms. The molecule has 3 aromatic heterocycles. The second-order valence-electron chi connectivity index (χ2n) is 8.61. The van der Waals surface area contributed by atoms with Crippen molar-refractivity contribution in [2.24, 2.45) is 12.8 Å². The second kappa shape index (κ2) is 8.08. The molecule has 2 N–H and O–H groups in total. The monoisotopic (exact) mass is 475 g/mol. The molecule has 0 spiro atoms. The summed E-state index contributed by atoms with van der Waals surface area (Å²) in [7, 11) is 3.18. The van der Waals surface area contributed by atoms with Crippen molar-refractivity contribution in [3.63, 3.8) is 0 Å². The average molecular weight is 475 g/mol. The zero-order valence-corrected chi connectivity index (χ0v) is 18.7. The number of aromatic nitrogens is 3. The number of furan rings is 1. The van der Waals surface area contributed by atoms with E-state index in [0.29, 0.717) is 46.6 Å². The molecule has 1 fully saturated rings. The Kier molecular flexibility index (Phi) is 5.31. The molecule has 4 aromatic rings. The van der Waals surface area contributed by atoms with Gasteiger partial charge in [0, 0.05) is 37.1 Å². The lowest BCUT2D eigenvalue weighted by Crippen LogP contribution is -2.45. The Bertz CT molecular complexity index is 1380. The average Bonchev–Trinajstić information content (AvgIpc) is 3.46. The van der Waals surface area contributed by atoms with Crippen LogP contribution >= 0.6 is 0 Å². The van der Waals surface area contributed by atoms with Gasteiger partial charge in [-0.15, -0.1) is 0 Å². The van der Waals surface area contributed by atoms with Crippen LogP contribution < -0.4 is 10.5 Å². The van der Waals surface area contributed by atoms with Crippen LogP contribution in [0.5, 0.6) is 5.75 Å². The Morgan fingerprint density at radius 2 is 2.12 bits per heavy atom. The summed E-state index contributed by atoms with van der Waals surface area (Å²) in [5.74, 6) is 0.523. The summed E-state index contributed by atoms with van der Waals surface area (Å²) in [5.41, 5.74) is 7.80. The number of amides is 1. The van der Waals surface area contributed by atoms with E-state index >= 15 is 0 Å². The number of fused-ring (bicyclic) bond motifs is 2. The molecule has 0 radical (unpaired) electrons. The van der Waals surface area contributed by atoms with Crippen LogP contribution in [0.15, 0.2) is 34.9 Å². The van der Waals surface area contributed by atoms with Crippen LogP contribution in [-0.4, -0.2) is 57.3 Å². The summed E-state index contributed by atoms with van der Waals surface area (Å²) in [5, 5.41) is 0.538. The molecule has 1 amide bonds. The molecule has 0 unspecified atom stereocenters. The Morgan fingerprint density at radius 1 is 1.32 bits per heavy atom. The summed E-state index contributed by atoms with van der Waals surface area (Å²) < 4.78 is 53.7. The van der Waals surface area contributed by atoms with Crippen LogP contribution in [-0.2, 0) is 13.6 Å². The molecule has 5 rings (SSSR count). The van der Waals surface area contributed by atoms with Gasteiger partial charge in [-0.25, -0.2) is 4.98 Å². The molecular weight excluding hydrogens is 451 g/mol. The molecule has 4 heterocycles. The molecule has 1 atom stereocenters. The van der Waals surface area contributed by atoms with Gasteiger partial charge < -0.3 is 24.4 Å². The zero-order valence-electron chi connectivity index (χ0n) is 18.7. The first-order chi connectivity index (χ1) is 16.2. The highest BCUT2D eigenvalue weighted by Crippen LogP contribution is 2.36. The number of methoxy groups -OCH3 is 1. The van der Waals surface area contributed by atoms with Crippen molar-refractivity contribution in [2.45, 2.75) is 31.6 Å². The minimum absolute atomic E-state index is 0.0654. The summed E-state index contributed by atoms with van der Waals surface area (Å²) in [6.07, 6.45) is -1.40. The van der Waals surface area contributed by atoms with Gasteiger partial charge in [0.2, 0.25) is 5.71 Å². The molecule has 1 aliphatic heterocycles. The number of alkyl halides is 3. The summed E-state index contributed by atoms with van der Waals surface area (Å²) in [6, 6.07) is 6.43. The number of ether oxygens (including phenoxy) is 1. The van der Waals surface area contributed by atoms with Crippen molar-refractivity contribution in [3.05, 3.63) is 36.1 Å². The number of piperidine rings is 1. The van der Waals surface area contributed by atoms with E-state index in [1.165, 1.54) is 13.4 Å². The Labute approximate surface area is 192 Å². The van der Waals surface area contributed by atoms with E-state index in [1.807, 2.05) is 0 Å². The first kappa shape index (κ1) is 22.3. The smallest absolute Gasteiger partial charge is 0.406 e. The Morgan fingerprint density at radius 3 is 2.82 bits per heavy atom. The molecule has 1 aromatic carbocycles. The number of nitrogens with zero attached hydrogens (tertiary/aromatic N) is 4. The number of carbonyl (C=O) groups is 1. The number of benzene rings is 1. The molecule has 0 aliphatic carbocycles. The van der Waals surface area contributed by atoms with Crippen molar-refractivity contribution >= 4 is 28.0 Å². The second-order valence-corrected chi connectivity index (χ2v) is 8.61. The van der Waals surface area contributed by atoms with Crippen LogP contribution in [0.1, 0.15) is 23.2 Å². The highest BCUT2D eigenvalue weighted by atomic mass is 19.4. The largest absolute Gasteiger partial charge is 0.494 e. The number of aryl methyl sites for hydroxylation is 1. The fourth-order valence-electron chi connectivity index (χ4n) is 4.69. The first-order valence-corrected chi connectivity index (χ1v) is 10.9. The van der Waals surface area contributed by atoms with Gasteiger partial charge in [-0.2, -0.15) is 13.2 Å². The van der Waals surface area contributed by atoms with Crippen molar-refractivity contribution in [3.8, 4) is 17.3 Å². The van der Waals surface area contributed by atoms with Gasteiger partial charge in [0.05, 0.1) is 24.6 Å².